The van der Waals surface area contributed by atoms with Crippen molar-refractivity contribution in [2.24, 2.45) is 0 Å². The van der Waals surface area contributed by atoms with Gasteiger partial charge in [-0.05, 0) is 19.8 Å². The minimum Gasteiger partial charge on any atom is -0.363 e. The summed E-state index contributed by atoms with van der Waals surface area (Å²) >= 11 is 2.94. The summed E-state index contributed by atoms with van der Waals surface area (Å²) in [5.74, 6) is 0.109. The van der Waals surface area contributed by atoms with Gasteiger partial charge in [0.05, 0.1) is 5.25 Å². The maximum atomic E-state index is 12.1. The first-order valence-electron chi connectivity index (χ1n) is 6.67. The lowest BCUT2D eigenvalue weighted by Gasteiger charge is -2.24. The Labute approximate surface area is 122 Å². The molecule has 7 heteroatoms. The second-order valence-electron chi connectivity index (χ2n) is 4.73. The molecule has 1 fully saturated rings. The van der Waals surface area contributed by atoms with Gasteiger partial charge in [0.15, 0.2) is 4.34 Å². The summed E-state index contributed by atoms with van der Waals surface area (Å²) < 4.78 is 0.829. The molecule has 1 aromatic rings. The Morgan fingerprint density at radius 2 is 2.11 bits per heavy atom. The largest absolute Gasteiger partial charge is 0.363 e. The van der Waals surface area contributed by atoms with Crippen LogP contribution >= 0.6 is 23.1 Å². The van der Waals surface area contributed by atoms with Crippen LogP contribution in [-0.2, 0) is 4.79 Å². The fraction of sp³-hybridized carbons (Fsp3) is 0.750. The number of hydrogen-bond donors (Lipinski definition) is 2. The van der Waals surface area contributed by atoms with E-state index in [4.69, 9.17) is 0 Å². The van der Waals surface area contributed by atoms with Crippen molar-refractivity contribution in [3.63, 3.8) is 0 Å². The number of anilines is 1. The molecule has 0 aliphatic heterocycles. The van der Waals surface area contributed by atoms with E-state index >= 15 is 0 Å². The van der Waals surface area contributed by atoms with Gasteiger partial charge < -0.3 is 10.6 Å². The van der Waals surface area contributed by atoms with Crippen molar-refractivity contribution < 1.29 is 4.79 Å². The van der Waals surface area contributed by atoms with Crippen LogP contribution in [0.25, 0.3) is 0 Å². The standard InChI is InChI=1S/C12H20N4OS2/c1-8(18-12-16-15-11(13-2)19-12)10(17)14-9-6-4-3-5-7-9/h8-9H,3-7H2,1-2H3,(H,13,15)(H,14,17)/t8-/m0/s1. The third kappa shape index (κ3) is 4.35. The van der Waals surface area contributed by atoms with Crippen molar-refractivity contribution in [1.29, 1.82) is 0 Å². The van der Waals surface area contributed by atoms with Crippen LogP contribution in [0.3, 0.4) is 0 Å². The molecule has 0 aromatic carbocycles. The van der Waals surface area contributed by atoms with E-state index in [0.717, 1.165) is 22.3 Å². The number of rotatable bonds is 5. The van der Waals surface area contributed by atoms with E-state index in [1.165, 1.54) is 42.4 Å². The molecule has 0 saturated heterocycles. The first-order chi connectivity index (χ1) is 9.19. The number of thioether (sulfide) groups is 1. The van der Waals surface area contributed by atoms with Crippen LogP contribution < -0.4 is 10.6 Å². The Kier molecular flexibility index (Phi) is 5.45. The predicted molar refractivity (Wildman–Crippen MR) is 79.8 cm³/mol. The average Bonchev–Trinajstić information content (AvgIpc) is 2.87. The molecule has 1 heterocycles. The second-order valence-corrected chi connectivity index (χ2v) is 7.29. The van der Waals surface area contributed by atoms with Crippen molar-refractivity contribution in [2.45, 2.75) is 54.7 Å². The summed E-state index contributed by atoms with van der Waals surface area (Å²) in [7, 11) is 1.81. The number of hydrogen-bond acceptors (Lipinski definition) is 6. The van der Waals surface area contributed by atoms with E-state index in [1.807, 2.05) is 14.0 Å². The fourth-order valence-electron chi connectivity index (χ4n) is 2.13. The van der Waals surface area contributed by atoms with Crippen molar-refractivity contribution in [3.8, 4) is 0 Å². The van der Waals surface area contributed by atoms with Crippen molar-refractivity contribution in [3.05, 3.63) is 0 Å². The Bertz CT molecular complexity index is 418. The summed E-state index contributed by atoms with van der Waals surface area (Å²) in [6, 6.07) is 0.367. The summed E-state index contributed by atoms with van der Waals surface area (Å²) in [5, 5.41) is 14.8. The summed E-state index contributed by atoms with van der Waals surface area (Å²) in [5.41, 5.74) is 0. The lowest BCUT2D eigenvalue weighted by molar-refractivity contribution is -0.121. The maximum absolute atomic E-state index is 12.1. The highest BCUT2D eigenvalue weighted by Crippen LogP contribution is 2.29. The van der Waals surface area contributed by atoms with E-state index in [2.05, 4.69) is 20.8 Å². The normalized spacial score (nSPS) is 18.0. The molecule has 0 radical (unpaired) electrons. The van der Waals surface area contributed by atoms with Crippen molar-refractivity contribution in [1.82, 2.24) is 15.5 Å². The van der Waals surface area contributed by atoms with E-state index in [-0.39, 0.29) is 11.2 Å². The zero-order chi connectivity index (χ0) is 13.7. The minimum atomic E-state index is -0.125. The van der Waals surface area contributed by atoms with Crippen molar-refractivity contribution >= 4 is 34.1 Å². The van der Waals surface area contributed by atoms with Crippen LogP contribution in [0.15, 0.2) is 4.34 Å². The summed E-state index contributed by atoms with van der Waals surface area (Å²) in [6.45, 7) is 1.92. The van der Waals surface area contributed by atoms with Gasteiger partial charge in [-0.2, -0.15) is 0 Å². The number of nitrogens with zero attached hydrogens (tertiary/aromatic N) is 2. The van der Waals surface area contributed by atoms with Crippen LogP contribution in [-0.4, -0.2) is 34.4 Å². The van der Waals surface area contributed by atoms with Crippen molar-refractivity contribution in [2.75, 3.05) is 12.4 Å². The van der Waals surface area contributed by atoms with Crippen LogP contribution in [0.5, 0.6) is 0 Å². The third-order valence-corrected chi connectivity index (χ3v) is 5.34. The number of carbonyl (C=O) groups excluding carboxylic acids is 1. The highest BCUT2D eigenvalue weighted by atomic mass is 32.2. The van der Waals surface area contributed by atoms with Gasteiger partial charge in [-0.1, -0.05) is 42.4 Å². The minimum absolute atomic E-state index is 0.109. The van der Waals surface area contributed by atoms with Gasteiger partial charge in [0.25, 0.3) is 0 Å². The van der Waals surface area contributed by atoms with Gasteiger partial charge in [-0.25, -0.2) is 0 Å². The van der Waals surface area contributed by atoms with E-state index < -0.39 is 0 Å². The molecule has 0 unspecified atom stereocenters. The molecule has 1 aliphatic rings. The topological polar surface area (TPSA) is 66.9 Å². The Morgan fingerprint density at radius 3 is 2.74 bits per heavy atom. The average molecular weight is 300 g/mol. The predicted octanol–water partition coefficient (Wildman–Crippen LogP) is 2.51. The first-order valence-corrected chi connectivity index (χ1v) is 8.37. The Balaban J connectivity index is 1.81. The lowest BCUT2D eigenvalue weighted by atomic mass is 9.95. The summed E-state index contributed by atoms with van der Waals surface area (Å²) in [4.78, 5) is 12.1. The smallest absolute Gasteiger partial charge is 0.233 e. The number of aromatic nitrogens is 2. The molecule has 5 nitrogen and oxygen atoms in total. The molecule has 1 saturated carbocycles. The highest BCUT2D eigenvalue weighted by molar-refractivity contribution is 8.02. The summed E-state index contributed by atoms with van der Waals surface area (Å²) in [6.07, 6.45) is 5.99. The van der Waals surface area contributed by atoms with E-state index in [9.17, 15) is 4.79 Å². The zero-order valence-electron chi connectivity index (χ0n) is 11.3. The first kappa shape index (κ1) is 14.6. The molecule has 1 amide bonds. The van der Waals surface area contributed by atoms with Crippen LogP contribution in [0, 0.1) is 0 Å². The molecule has 0 spiro atoms. The van der Waals surface area contributed by atoms with Gasteiger partial charge in [0.1, 0.15) is 0 Å². The molecule has 19 heavy (non-hydrogen) atoms. The molecule has 2 rings (SSSR count). The fourth-order valence-corrected chi connectivity index (χ4v) is 3.99. The second kappa shape index (κ2) is 7.09. The van der Waals surface area contributed by atoms with E-state index in [0.29, 0.717) is 6.04 Å². The number of nitrogens with one attached hydrogen (secondary N) is 2. The monoisotopic (exact) mass is 300 g/mol. The molecule has 2 N–H and O–H groups in total. The molecular weight excluding hydrogens is 280 g/mol. The van der Waals surface area contributed by atoms with Gasteiger partial charge in [0, 0.05) is 13.1 Å². The number of amides is 1. The molecule has 106 valence electrons. The molecule has 1 aromatic heterocycles. The van der Waals surface area contributed by atoms with Crippen LogP contribution in [0.2, 0.25) is 0 Å². The molecular formula is C12H20N4OS2. The van der Waals surface area contributed by atoms with Gasteiger partial charge in [0.2, 0.25) is 11.0 Å². The Hall–Kier alpha value is -0.820. The molecule has 1 aliphatic carbocycles. The van der Waals surface area contributed by atoms with Crippen LogP contribution in [0.1, 0.15) is 39.0 Å². The van der Waals surface area contributed by atoms with Crippen LogP contribution in [0.4, 0.5) is 5.13 Å². The van der Waals surface area contributed by atoms with Gasteiger partial charge in [-0.3, -0.25) is 4.79 Å². The molecule has 1 atom stereocenters. The molecule has 0 bridgehead atoms. The van der Waals surface area contributed by atoms with E-state index in [1.54, 1.807) is 0 Å². The SMILES string of the molecule is CNc1nnc(S[C@@H](C)C(=O)NC2CCCCC2)s1. The maximum Gasteiger partial charge on any atom is 0.233 e. The highest BCUT2D eigenvalue weighted by Gasteiger charge is 2.21. The lowest BCUT2D eigenvalue weighted by Crippen LogP contribution is -2.40. The number of carbonyl (C=O) groups is 1. The van der Waals surface area contributed by atoms with Gasteiger partial charge >= 0.3 is 0 Å². The van der Waals surface area contributed by atoms with Gasteiger partial charge in [-0.15, -0.1) is 10.2 Å². The zero-order valence-corrected chi connectivity index (χ0v) is 12.9. The quantitative estimate of drug-likeness (QED) is 0.818. The Morgan fingerprint density at radius 1 is 1.37 bits per heavy atom. The third-order valence-electron chi connectivity index (χ3n) is 3.22.